The third-order valence-electron chi connectivity index (χ3n) is 5.72. The van der Waals surface area contributed by atoms with Crippen molar-refractivity contribution in [3.63, 3.8) is 0 Å². The topological polar surface area (TPSA) is 46.2 Å². The second kappa shape index (κ2) is 10.3. The molecule has 0 spiro atoms. The molecule has 152 valence electrons. The zero-order valence-corrected chi connectivity index (χ0v) is 17.9. The summed E-state index contributed by atoms with van der Waals surface area (Å²) >= 11 is 1.93. The lowest BCUT2D eigenvalue weighted by Gasteiger charge is -2.21. The Hall–Kier alpha value is -1.55. The maximum Gasteiger partial charge on any atom is 0.231 e. The van der Waals surface area contributed by atoms with Crippen molar-refractivity contribution in [2.24, 2.45) is 5.92 Å². The van der Waals surface area contributed by atoms with Crippen molar-refractivity contribution in [2.45, 2.75) is 87.2 Å². The van der Waals surface area contributed by atoms with Crippen LogP contribution in [0, 0.1) is 5.92 Å². The summed E-state index contributed by atoms with van der Waals surface area (Å²) in [4.78, 5) is 26.1. The van der Waals surface area contributed by atoms with Crippen molar-refractivity contribution in [3.8, 4) is 0 Å². The third-order valence-corrected chi connectivity index (χ3v) is 7.07. The summed E-state index contributed by atoms with van der Waals surface area (Å²) in [5.74, 6) is 0.476. The summed E-state index contributed by atoms with van der Waals surface area (Å²) < 4.78 is 0. The number of allylic oxidation sites excluding steroid dienone is 1. The molecule has 1 N–H and O–H groups in total. The van der Waals surface area contributed by atoms with Crippen LogP contribution in [0.4, 0.5) is 0 Å². The standard InChI is InChI=1S/C24H33NO2S/c1-3-4-5-6-17(2)25-24(27)23(16-18-7-10-20(26)15-18)19-8-11-21(12-9-19)28-22-13-14-22/h8-9,11-12,18,22-23H,2-7,10,13-16H2,1H3,(H,25,27). The smallest absolute Gasteiger partial charge is 0.231 e. The minimum absolute atomic E-state index is 0.0310. The highest BCUT2D eigenvalue weighted by molar-refractivity contribution is 8.00. The number of amides is 1. The fraction of sp³-hybridized carbons (Fsp3) is 0.583. The molecular formula is C24H33NO2S. The summed E-state index contributed by atoms with van der Waals surface area (Å²) in [7, 11) is 0. The van der Waals surface area contributed by atoms with Gasteiger partial charge in [-0.2, -0.15) is 0 Å². The van der Waals surface area contributed by atoms with E-state index in [0.29, 0.717) is 24.5 Å². The van der Waals surface area contributed by atoms with Gasteiger partial charge in [0, 0.05) is 28.7 Å². The second-order valence-electron chi connectivity index (χ2n) is 8.37. The molecule has 0 aromatic heterocycles. The number of carbonyl (C=O) groups excluding carboxylic acids is 2. The molecule has 1 amide bonds. The minimum atomic E-state index is -0.209. The van der Waals surface area contributed by atoms with Gasteiger partial charge < -0.3 is 5.32 Å². The highest BCUT2D eigenvalue weighted by Gasteiger charge is 2.30. The molecule has 0 heterocycles. The van der Waals surface area contributed by atoms with Gasteiger partial charge in [-0.1, -0.05) is 38.5 Å². The Labute approximate surface area is 173 Å². The molecule has 28 heavy (non-hydrogen) atoms. The van der Waals surface area contributed by atoms with Gasteiger partial charge in [-0.25, -0.2) is 0 Å². The van der Waals surface area contributed by atoms with E-state index in [1.165, 1.54) is 17.7 Å². The summed E-state index contributed by atoms with van der Waals surface area (Å²) in [6, 6.07) is 8.50. The first-order valence-corrected chi connectivity index (χ1v) is 11.7. The van der Waals surface area contributed by atoms with Gasteiger partial charge in [-0.15, -0.1) is 11.8 Å². The maximum absolute atomic E-state index is 13.1. The zero-order chi connectivity index (χ0) is 19.9. The molecule has 2 fully saturated rings. The van der Waals surface area contributed by atoms with Gasteiger partial charge >= 0.3 is 0 Å². The zero-order valence-electron chi connectivity index (χ0n) is 17.0. The van der Waals surface area contributed by atoms with E-state index in [1.54, 1.807) is 0 Å². The fourth-order valence-electron chi connectivity index (χ4n) is 3.89. The van der Waals surface area contributed by atoms with E-state index in [9.17, 15) is 9.59 Å². The number of benzene rings is 1. The van der Waals surface area contributed by atoms with Crippen molar-refractivity contribution in [1.29, 1.82) is 0 Å². The summed E-state index contributed by atoms with van der Waals surface area (Å²) in [6.45, 7) is 6.22. The Morgan fingerprint density at radius 3 is 2.57 bits per heavy atom. The summed E-state index contributed by atoms with van der Waals surface area (Å²) in [5.41, 5.74) is 1.87. The Bertz CT molecular complexity index is 693. The van der Waals surface area contributed by atoms with Gasteiger partial charge in [0.15, 0.2) is 0 Å². The highest BCUT2D eigenvalue weighted by Crippen LogP contribution is 2.40. The van der Waals surface area contributed by atoms with Gasteiger partial charge in [0.1, 0.15) is 5.78 Å². The molecule has 3 rings (SSSR count). The van der Waals surface area contributed by atoms with Gasteiger partial charge in [0.25, 0.3) is 0 Å². The lowest BCUT2D eigenvalue weighted by Crippen LogP contribution is -2.29. The minimum Gasteiger partial charge on any atom is -0.330 e. The van der Waals surface area contributed by atoms with Crippen LogP contribution in [0.3, 0.4) is 0 Å². The molecule has 1 aromatic carbocycles. The summed E-state index contributed by atoms with van der Waals surface area (Å²) in [5, 5.41) is 3.83. The molecule has 4 heteroatoms. The molecule has 2 aliphatic rings. The third kappa shape index (κ3) is 6.51. The molecule has 2 atom stereocenters. The largest absolute Gasteiger partial charge is 0.330 e. The van der Waals surface area contributed by atoms with Crippen LogP contribution >= 0.6 is 11.8 Å². The molecule has 2 saturated carbocycles. The fourth-order valence-corrected chi connectivity index (χ4v) is 4.94. The monoisotopic (exact) mass is 399 g/mol. The number of nitrogens with one attached hydrogen (secondary N) is 1. The van der Waals surface area contributed by atoms with E-state index in [0.717, 1.165) is 55.0 Å². The molecule has 0 bridgehead atoms. The van der Waals surface area contributed by atoms with Crippen LogP contribution in [0.2, 0.25) is 0 Å². The van der Waals surface area contributed by atoms with Crippen LogP contribution in [-0.4, -0.2) is 16.9 Å². The Morgan fingerprint density at radius 2 is 1.96 bits per heavy atom. The Kier molecular flexibility index (Phi) is 7.78. The van der Waals surface area contributed by atoms with E-state index in [1.807, 2.05) is 11.8 Å². The number of ketones is 1. The van der Waals surface area contributed by atoms with Crippen LogP contribution in [0.1, 0.15) is 82.6 Å². The molecule has 3 nitrogen and oxygen atoms in total. The van der Waals surface area contributed by atoms with Crippen molar-refractivity contribution < 1.29 is 9.59 Å². The lowest BCUT2D eigenvalue weighted by atomic mass is 9.87. The van der Waals surface area contributed by atoms with Crippen molar-refractivity contribution in [1.82, 2.24) is 5.32 Å². The quantitative estimate of drug-likeness (QED) is 0.465. The number of carbonyl (C=O) groups is 2. The van der Waals surface area contributed by atoms with Gasteiger partial charge in [-0.05, 0) is 62.1 Å². The van der Waals surface area contributed by atoms with E-state index in [2.05, 4.69) is 43.1 Å². The number of hydrogen-bond donors (Lipinski definition) is 1. The molecule has 1 aromatic rings. The number of hydrogen-bond acceptors (Lipinski definition) is 3. The molecule has 0 saturated heterocycles. The summed E-state index contributed by atoms with van der Waals surface area (Å²) in [6.07, 6.45) is 9.78. The molecular weight excluding hydrogens is 366 g/mol. The molecule has 2 aliphatic carbocycles. The van der Waals surface area contributed by atoms with Crippen LogP contribution in [-0.2, 0) is 9.59 Å². The van der Waals surface area contributed by atoms with E-state index in [4.69, 9.17) is 0 Å². The molecule has 2 unspecified atom stereocenters. The Morgan fingerprint density at radius 1 is 1.21 bits per heavy atom. The van der Waals surface area contributed by atoms with Crippen LogP contribution in [0.15, 0.2) is 41.4 Å². The molecule has 0 aliphatic heterocycles. The predicted molar refractivity (Wildman–Crippen MR) is 116 cm³/mol. The normalized spacial score (nSPS) is 20.2. The van der Waals surface area contributed by atoms with Crippen LogP contribution in [0.25, 0.3) is 0 Å². The number of unbranched alkanes of at least 4 members (excludes halogenated alkanes) is 2. The van der Waals surface area contributed by atoms with Gasteiger partial charge in [0.05, 0.1) is 5.92 Å². The maximum atomic E-state index is 13.1. The van der Waals surface area contributed by atoms with Gasteiger partial charge in [-0.3, -0.25) is 9.59 Å². The predicted octanol–water partition coefficient (Wildman–Crippen LogP) is 5.99. The average molecular weight is 400 g/mol. The van der Waals surface area contributed by atoms with Crippen LogP contribution in [0.5, 0.6) is 0 Å². The first-order valence-electron chi connectivity index (χ1n) is 10.8. The Balaban J connectivity index is 1.65. The SMILES string of the molecule is C=C(CCCCC)NC(=O)C(CC1CCC(=O)C1)c1ccc(SC2CC2)cc1. The first-order chi connectivity index (χ1) is 13.5. The number of rotatable bonds is 11. The van der Waals surface area contributed by atoms with Crippen LogP contribution < -0.4 is 5.32 Å². The van der Waals surface area contributed by atoms with E-state index in [-0.39, 0.29) is 11.8 Å². The van der Waals surface area contributed by atoms with E-state index < -0.39 is 0 Å². The van der Waals surface area contributed by atoms with Crippen molar-refractivity contribution in [3.05, 3.63) is 42.1 Å². The van der Waals surface area contributed by atoms with E-state index >= 15 is 0 Å². The average Bonchev–Trinajstić information content (AvgIpc) is 3.39. The number of thioether (sulfide) groups is 1. The first kappa shape index (κ1) is 21.2. The van der Waals surface area contributed by atoms with Gasteiger partial charge in [0.2, 0.25) is 5.91 Å². The number of Topliss-reactive ketones (excluding diaryl/α,β-unsaturated/α-hetero) is 1. The van der Waals surface area contributed by atoms with Crippen molar-refractivity contribution in [2.75, 3.05) is 0 Å². The van der Waals surface area contributed by atoms with Crippen molar-refractivity contribution >= 4 is 23.5 Å². The lowest BCUT2D eigenvalue weighted by molar-refractivity contribution is -0.122. The second-order valence-corrected chi connectivity index (χ2v) is 9.75. The highest BCUT2D eigenvalue weighted by atomic mass is 32.2. The molecule has 0 radical (unpaired) electrons.